The molecule has 0 aliphatic heterocycles. The van der Waals surface area contributed by atoms with E-state index in [-0.39, 0.29) is 6.10 Å². The third kappa shape index (κ3) is 3.19. The molecular formula is C12H18O. The average molecular weight is 178 g/mol. The Morgan fingerprint density at radius 1 is 1.15 bits per heavy atom. The van der Waals surface area contributed by atoms with Crippen LogP contribution in [0.3, 0.4) is 0 Å². The molecule has 1 heteroatoms. The van der Waals surface area contributed by atoms with E-state index in [0.717, 1.165) is 6.42 Å². The molecule has 0 fully saturated rings. The highest BCUT2D eigenvalue weighted by Crippen LogP contribution is 2.18. The topological polar surface area (TPSA) is 9.23 Å². The predicted molar refractivity (Wildman–Crippen MR) is 55.7 cm³/mol. The summed E-state index contributed by atoms with van der Waals surface area (Å²) in [4.78, 5) is 0. The minimum atomic E-state index is 0.205. The molecule has 1 rings (SSSR count). The van der Waals surface area contributed by atoms with Crippen LogP contribution in [0.1, 0.15) is 38.9 Å². The van der Waals surface area contributed by atoms with Gasteiger partial charge in [-0.1, -0.05) is 37.3 Å². The van der Waals surface area contributed by atoms with Gasteiger partial charge >= 0.3 is 0 Å². The van der Waals surface area contributed by atoms with Crippen LogP contribution in [0, 0.1) is 0 Å². The summed E-state index contributed by atoms with van der Waals surface area (Å²) < 4.78 is 5.79. The van der Waals surface area contributed by atoms with E-state index in [2.05, 4.69) is 32.9 Å². The largest absolute Gasteiger partial charge is 0.371 e. The van der Waals surface area contributed by atoms with Gasteiger partial charge in [0.1, 0.15) is 0 Å². The lowest BCUT2D eigenvalue weighted by Gasteiger charge is -2.18. The van der Waals surface area contributed by atoms with Crippen molar-refractivity contribution in [3.8, 4) is 0 Å². The lowest BCUT2D eigenvalue weighted by Crippen LogP contribution is -2.10. The lowest BCUT2D eigenvalue weighted by atomic mass is 10.1. The molecule has 2 atom stereocenters. The van der Waals surface area contributed by atoms with Crippen LogP contribution < -0.4 is 0 Å². The predicted octanol–water partition coefficient (Wildman–Crippen LogP) is 3.56. The lowest BCUT2D eigenvalue weighted by molar-refractivity contribution is 0.00548. The number of rotatable bonds is 4. The molecule has 0 saturated heterocycles. The third-order valence-electron chi connectivity index (χ3n) is 2.28. The summed E-state index contributed by atoms with van der Waals surface area (Å²) in [6, 6.07) is 10.3. The van der Waals surface area contributed by atoms with Gasteiger partial charge in [0.15, 0.2) is 0 Å². The first-order valence-corrected chi connectivity index (χ1v) is 4.94. The Kier molecular flexibility index (Phi) is 3.97. The Labute approximate surface area is 80.7 Å². The number of hydrogen-bond acceptors (Lipinski definition) is 1. The van der Waals surface area contributed by atoms with Gasteiger partial charge in [0, 0.05) is 0 Å². The van der Waals surface area contributed by atoms with E-state index in [1.807, 2.05) is 18.2 Å². The zero-order valence-electron chi connectivity index (χ0n) is 8.66. The highest BCUT2D eigenvalue weighted by atomic mass is 16.5. The molecule has 0 saturated carbocycles. The minimum Gasteiger partial charge on any atom is -0.371 e. The second-order valence-corrected chi connectivity index (χ2v) is 3.41. The quantitative estimate of drug-likeness (QED) is 0.685. The second-order valence-electron chi connectivity index (χ2n) is 3.41. The van der Waals surface area contributed by atoms with E-state index in [1.54, 1.807) is 0 Å². The first kappa shape index (κ1) is 10.3. The summed E-state index contributed by atoms with van der Waals surface area (Å²) in [5.41, 5.74) is 1.25. The van der Waals surface area contributed by atoms with E-state index >= 15 is 0 Å². The monoisotopic (exact) mass is 178 g/mol. The molecule has 0 amide bonds. The number of hydrogen-bond donors (Lipinski definition) is 0. The van der Waals surface area contributed by atoms with Crippen LogP contribution in [-0.2, 0) is 4.74 Å². The maximum Gasteiger partial charge on any atom is 0.0800 e. The van der Waals surface area contributed by atoms with Gasteiger partial charge in [0.2, 0.25) is 0 Å². The van der Waals surface area contributed by atoms with E-state index in [9.17, 15) is 0 Å². The molecule has 0 bridgehead atoms. The van der Waals surface area contributed by atoms with Crippen molar-refractivity contribution in [2.45, 2.75) is 39.4 Å². The van der Waals surface area contributed by atoms with E-state index in [1.165, 1.54) is 5.56 Å². The van der Waals surface area contributed by atoms with Crippen molar-refractivity contribution in [3.05, 3.63) is 35.9 Å². The van der Waals surface area contributed by atoms with Gasteiger partial charge in [-0.05, 0) is 25.8 Å². The Hall–Kier alpha value is -0.820. The number of benzene rings is 1. The van der Waals surface area contributed by atoms with Gasteiger partial charge in [-0.3, -0.25) is 0 Å². The molecule has 0 spiro atoms. The fourth-order valence-electron chi connectivity index (χ4n) is 1.25. The van der Waals surface area contributed by atoms with Crippen LogP contribution >= 0.6 is 0 Å². The fourth-order valence-corrected chi connectivity index (χ4v) is 1.25. The van der Waals surface area contributed by atoms with Crippen LogP contribution in [0.25, 0.3) is 0 Å². The van der Waals surface area contributed by atoms with E-state index in [0.29, 0.717) is 6.10 Å². The molecule has 0 heterocycles. The maximum atomic E-state index is 5.79. The van der Waals surface area contributed by atoms with Gasteiger partial charge in [0.25, 0.3) is 0 Å². The van der Waals surface area contributed by atoms with Crippen LogP contribution in [0.5, 0.6) is 0 Å². The van der Waals surface area contributed by atoms with Gasteiger partial charge in [-0.25, -0.2) is 0 Å². The minimum absolute atomic E-state index is 0.205. The van der Waals surface area contributed by atoms with Gasteiger partial charge in [-0.15, -0.1) is 0 Å². The average Bonchev–Trinajstić information content (AvgIpc) is 2.19. The molecule has 0 radical (unpaired) electrons. The molecule has 0 aliphatic rings. The third-order valence-corrected chi connectivity index (χ3v) is 2.28. The highest BCUT2D eigenvalue weighted by Gasteiger charge is 2.07. The molecule has 72 valence electrons. The summed E-state index contributed by atoms with van der Waals surface area (Å²) in [5, 5.41) is 0. The second kappa shape index (κ2) is 5.03. The smallest absolute Gasteiger partial charge is 0.0800 e. The molecule has 13 heavy (non-hydrogen) atoms. The van der Waals surface area contributed by atoms with Gasteiger partial charge < -0.3 is 4.74 Å². The summed E-state index contributed by atoms with van der Waals surface area (Å²) in [5.74, 6) is 0. The van der Waals surface area contributed by atoms with E-state index in [4.69, 9.17) is 4.74 Å². The molecule has 1 aromatic rings. The van der Waals surface area contributed by atoms with Gasteiger partial charge in [0.05, 0.1) is 12.2 Å². The number of ether oxygens (including phenoxy) is 1. The summed E-state index contributed by atoms with van der Waals surface area (Å²) >= 11 is 0. The standard InChI is InChI=1S/C12H18O/c1-4-10(2)13-11(3)12-8-6-5-7-9-12/h5-11H,4H2,1-3H3/t10?,11-/m0/s1. The molecule has 1 aromatic carbocycles. The van der Waals surface area contributed by atoms with Crippen LogP contribution in [-0.4, -0.2) is 6.10 Å². The van der Waals surface area contributed by atoms with Crippen molar-refractivity contribution in [2.24, 2.45) is 0 Å². The van der Waals surface area contributed by atoms with Crippen molar-refractivity contribution in [3.63, 3.8) is 0 Å². The molecular weight excluding hydrogens is 160 g/mol. The Morgan fingerprint density at radius 2 is 1.77 bits per heavy atom. The summed E-state index contributed by atoms with van der Waals surface area (Å²) in [7, 11) is 0. The molecule has 1 unspecified atom stereocenters. The van der Waals surface area contributed by atoms with Crippen molar-refractivity contribution in [1.82, 2.24) is 0 Å². The SMILES string of the molecule is CCC(C)O[C@@H](C)c1ccccc1. The Morgan fingerprint density at radius 3 is 2.31 bits per heavy atom. The van der Waals surface area contributed by atoms with E-state index < -0.39 is 0 Å². The van der Waals surface area contributed by atoms with Crippen molar-refractivity contribution in [2.75, 3.05) is 0 Å². The summed E-state index contributed by atoms with van der Waals surface area (Å²) in [6.07, 6.45) is 1.61. The van der Waals surface area contributed by atoms with Crippen LogP contribution in [0.15, 0.2) is 30.3 Å². The first-order chi connectivity index (χ1) is 6.24. The Bertz CT molecular complexity index is 230. The zero-order valence-corrected chi connectivity index (χ0v) is 8.66. The van der Waals surface area contributed by atoms with Crippen LogP contribution in [0.4, 0.5) is 0 Å². The van der Waals surface area contributed by atoms with Crippen molar-refractivity contribution >= 4 is 0 Å². The van der Waals surface area contributed by atoms with Crippen LogP contribution in [0.2, 0.25) is 0 Å². The molecule has 0 aromatic heterocycles. The van der Waals surface area contributed by atoms with Crippen molar-refractivity contribution in [1.29, 1.82) is 0 Å². The summed E-state index contributed by atoms with van der Waals surface area (Å²) in [6.45, 7) is 6.35. The normalized spacial score (nSPS) is 15.3. The first-order valence-electron chi connectivity index (χ1n) is 4.94. The fraction of sp³-hybridized carbons (Fsp3) is 0.500. The zero-order chi connectivity index (χ0) is 9.68. The maximum absolute atomic E-state index is 5.79. The van der Waals surface area contributed by atoms with Crippen molar-refractivity contribution < 1.29 is 4.74 Å². The Balaban J connectivity index is 2.53. The van der Waals surface area contributed by atoms with Gasteiger partial charge in [-0.2, -0.15) is 0 Å². The molecule has 0 aliphatic carbocycles. The highest BCUT2D eigenvalue weighted by molar-refractivity contribution is 5.16. The molecule has 1 nitrogen and oxygen atoms in total. The molecule has 0 N–H and O–H groups in total.